The van der Waals surface area contributed by atoms with Crippen molar-refractivity contribution in [3.63, 3.8) is 0 Å². The Morgan fingerprint density at radius 3 is 2.81 bits per heavy atom. The first kappa shape index (κ1) is 13.0. The highest BCUT2D eigenvalue weighted by molar-refractivity contribution is 7.10. The second kappa shape index (κ2) is 6.50. The van der Waals surface area contributed by atoms with Gasteiger partial charge in [-0.15, -0.1) is 11.3 Å². The van der Waals surface area contributed by atoms with Gasteiger partial charge in [-0.05, 0) is 11.4 Å². The Morgan fingerprint density at radius 2 is 2.25 bits per heavy atom. The fourth-order valence-electron chi connectivity index (χ4n) is 1.17. The molecule has 0 fully saturated rings. The van der Waals surface area contributed by atoms with E-state index in [4.69, 9.17) is 5.73 Å². The van der Waals surface area contributed by atoms with Crippen LogP contribution in [0.1, 0.15) is 18.7 Å². The topological polar surface area (TPSA) is 67.2 Å². The number of nitrogen functional groups attached to an aromatic ring is 1. The number of hydrogen-bond donors (Lipinski definition) is 3. The highest BCUT2D eigenvalue weighted by Crippen LogP contribution is 2.17. The van der Waals surface area contributed by atoms with E-state index in [0.29, 0.717) is 6.54 Å². The van der Waals surface area contributed by atoms with Gasteiger partial charge >= 0.3 is 0 Å². The molecule has 0 aromatic carbocycles. The third kappa shape index (κ3) is 4.20. The van der Waals surface area contributed by atoms with Crippen LogP contribution in [0.3, 0.4) is 0 Å². The van der Waals surface area contributed by atoms with Gasteiger partial charge in [-0.1, -0.05) is 13.8 Å². The number of nitrogens with one attached hydrogen (secondary N) is 2. The molecule has 1 rings (SSSR count). The molecule has 1 amide bonds. The van der Waals surface area contributed by atoms with Crippen LogP contribution < -0.4 is 16.4 Å². The van der Waals surface area contributed by atoms with Crippen molar-refractivity contribution in [3.05, 3.63) is 16.3 Å². The molecule has 5 heteroatoms. The minimum Gasteiger partial charge on any atom is -0.398 e. The maximum absolute atomic E-state index is 11.2. The van der Waals surface area contributed by atoms with Crippen LogP contribution in [0.25, 0.3) is 0 Å². The lowest BCUT2D eigenvalue weighted by molar-refractivity contribution is -0.123. The Labute approximate surface area is 100 Å². The van der Waals surface area contributed by atoms with E-state index in [1.807, 2.05) is 25.3 Å². The molecule has 0 saturated carbocycles. The van der Waals surface area contributed by atoms with E-state index in [1.165, 1.54) is 0 Å². The Bertz CT molecular complexity index is 336. The smallest absolute Gasteiger partial charge is 0.222 e. The number of amides is 1. The van der Waals surface area contributed by atoms with Gasteiger partial charge in [0.05, 0.1) is 0 Å². The highest BCUT2D eigenvalue weighted by atomic mass is 32.1. The first-order chi connectivity index (χ1) is 7.61. The first-order valence-corrected chi connectivity index (χ1v) is 6.29. The predicted molar refractivity (Wildman–Crippen MR) is 68.3 cm³/mol. The van der Waals surface area contributed by atoms with Gasteiger partial charge in [0.1, 0.15) is 0 Å². The monoisotopic (exact) mass is 241 g/mol. The number of hydrogen-bond acceptors (Lipinski definition) is 4. The second-order valence-corrected chi connectivity index (χ2v) is 4.92. The van der Waals surface area contributed by atoms with E-state index in [9.17, 15) is 4.79 Å². The Balaban J connectivity index is 2.09. The van der Waals surface area contributed by atoms with Gasteiger partial charge in [0.25, 0.3) is 0 Å². The first-order valence-electron chi connectivity index (χ1n) is 5.41. The summed E-state index contributed by atoms with van der Waals surface area (Å²) in [6.07, 6.45) is 0. The summed E-state index contributed by atoms with van der Waals surface area (Å²) < 4.78 is 0. The minimum absolute atomic E-state index is 0.0490. The third-order valence-corrected chi connectivity index (χ3v) is 3.13. The summed E-state index contributed by atoms with van der Waals surface area (Å²) in [7, 11) is 0. The third-order valence-electron chi connectivity index (χ3n) is 2.19. The molecule has 0 atom stereocenters. The van der Waals surface area contributed by atoms with Crippen molar-refractivity contribution in [2.75, 3.05) is 18.8 Å². The van der Waals surface area contributed by atoms with Gasteiger partial charge in [-0.25, -0.2) is 0 Å². The van der Waals surface area contributed by atoms with Gasteiger partial charge in [0.15, 0.2) is 0 Å². The van der Waals surface area contributed by atoms with E-state index in [0.717, 1.165) is 23.7 Å². The molecular weight excluding hydrogens is 222 g/mol. The van der Waals surface area contributed by atoms with E-state index >= 15 is 0 Å². The zero-order valence-electron chi connectivity index (χ0n) is 9.75. The van der Waals surface area contributed by atoms with Crippen molar-refractivity contribution in [1.29, 1.82) is 0 Å². The Morgan fingerprint density at radius 1 is 1.50 bits per heavy atom. The number of carbonyl (C=O) groups excluding carboxylic acids is 1. The molecule has 0 bridgehead atoms. The van der Waals surface area contributed by atoms with Gasteiger partial charge in [-0.3, -0.25) is 4.79 Å². The highest BCUT2D eigenvalue weighted by Gasteiger charge is 2.04. The number of thiophene rings is 1. The van der Waals surface area contributed by atoms with Crippen LogP contribution in [0.2, 0.25) is 0 Å². The van der Waals surface area contributed by atoms with Crippen LogP contribution in [-0.4, -0.2) is 19.0 Å². The summed E-state index contributed by atoms with van der Waals surface area (Å²) >= 11 is 1.64. The van der Waals surface area contributed by atoms with Crippen molar-refractivity contribution in [2.45, 2.75) is 20.4 Å². The maximum atomic E-state index is 11.2. The summed E-state index contributed by atoms with van der Waals surface area (Å²) in [5, 5.41) is 8.07. The fourth-order valence-corrected chi connectivity index (χ4v) is 1.94. The van der Waals surface area contributed by atoms with Crippen molar-refractivity contribution >= 4 is 22.9 Å². The average Bonchev–Trinajstić information content (AvgIpc) is 2.63. The van der Waals surface area contributed by atoms with Crippen LogP contribution in [0.5, 0.6) is 0 Å². The second-order valence-electron chi connectivity index (χ2n) is 3.92. The number of nitrogens with two attached hydrogens (primary N) is 1. The molecule has 0 unspecified atom stereocenters. The Kier molecular flexibility index (Phi) is 5.28. The molecule has 4 N–H and O–H groups in total. The van der Waals surface area contributed by atoms with Crippen molar-refractivity contribution in [1.82, 2.24) is 10.6 Å². The average molecular weight is 241 g/mol. The lowest BCUT2D eigenvalue weighted by Crippen LogP contribution is -2.34. The molecule has 0 spiro atoms. The molecular formula is C11H19N3OS. The molecule has 0 aliphatic heterocycles. The molecule has 0 saturated heterocycles. The van der Waals surface area contributed by atoms with Gasteiger partial charge in [0.2, 0.25) is 5.91 Å². The summed E-state index contributed by atoms with van der Waals surface area (Å²) in [6.45, 7) is 5.95. The van der Waals surface area contributed by atoms with E-state index in [2.05, 4.69) is 10.6 Å². The van der Waals surface area contributed by atoms with Crippen molar-refractivity contribution in [2.24, 2.45) is 5.92 Å². The standard InChI is InChI=1S/C11H19N3OS/c1-8(2)11(15)14-5-4-13-7-10-9(12)3-6-16-10/h3,6,8,13H,4-5,7,12H2,1-2H3,(H,14,15). The van der Waals surface area contributed by atoms with Crippen LogP contribution in [0.4, 0.5) is 5.69 Å². The van der Waals surface area contributed by atoms with Gasteiger partial charge in [0, 0.05) is 36.1 Å². The summed E-state index contributed by atoms with van der Waals surface area (Å²) in [5.41, 5.74) is 6.58. The summed E-state index contributed by atoms with van der Waals surface area (Å²) in [6, 6.07) is 1.90. The zero-order chi connectivity index (χ0) is 12.0. The van der Waals surface area contributed by atoms with Crippen LogP contribution in [0, 0.1) is 5.92 Å². The normalized spacial score (nSPS) is 10.7. The molecule has 1 aromatic heterocycles. The molecule has 0 aliphatic rings. The van der Waals surface area contributed by atoms with Gasteiger partial charge < -0.3 is 16.4 Å². The van der Waals surface area contributed by atoms with E-state index in [1.54, 1.807) is 11.3 Å². The minimum atomic E-state index is 0.0490. The quantitative estimate of drug-likeness (QED) is 0.655. The molecule has 0 aliphatic carbocycles. The molecule has 16 heavy (non-hydrogen) atoms. The van der Waals surface area contributed by atoms with Crippen molar-refractivity contribution in [3.8, 4) is 0 Å². The summed E-state index contributed by atoms with van der Waals surface area (Å²) in [5.74, 6) is 0.144. The summed E-state index contributed by atoms with van der Waals surface area (Å²) in [4.78, 5) is 12.4. The number of carbonyl (C=O) groups is 1. The molecule has 4 nitrogen and oxygen atoms in total. The van der Waals surface area contributed by atoms with Crippen LogP contribution in [0.15, 0.2) is 11.4 Å². The Hall–Kier alpha value is -1.07. The zero-order valence-corrected chi connectivity index (χ0v) is 10.6. The van der Waals surface area contributed by atoms with Crippen LogP contribution >= 0.6 is 11.3 Å². The van der Waals surface area contributed by atoms with Crippen molar-refractivity contribution < 1.29 is 4.79 Å². The molecule has 1 aromatic rings. The number of rotatable bonds is 6. The SMILES string of the molecule is CC(C)C(=O)NCCNCc1sccc1N. The number of anilines is 1. The van der Waals surface area contributed by atoms with E-state index in [-0.39, 0.29) is 11.8 Å². The molecule has 90 valence electrons. The predicted octanol–water partition coefficient (Wildman–Crippen LogP) is 1.19. The lowest BCUT2D eigenvalue weighted by Gasteiger charge is -2.08. The largest absolute Gasteiger partial charge is 0.398 e. The fraction of sp³-hybridized carbons (Fsp3) is 0.545. The van der Waals surface area contributed by atoms with Gasteiger partial charge in [-0.2, -0.15) is 0 Å². The van der Waals surface area contributed by atoms with Crippen LogP contribution in [-0.2, 0) is 11.3 Å². The lowest BCUT2D eigenvalue weighted by atomic mass is 10.2. The maximum Gasteiger partial charge on any atom is 0.222 e. The molecule has 1 heterocycles. The molecule has 0 radical (unpaired) electrons. The van der Waals surface area contributed by atoms with E-state index < -0.39 is 0 Å².